The molecule has 5 rings (SSSR count). The van der Waals surface area contributed by atoms with E-state index in [1.54, 1.807) is 0 Å². The van der Waals surface area contributed by atoms with Crippen LogP contribution in [0.3, 0.4) is 0 Å². The maximum atomic E-state index is 13.3. The largest absolute Gasteiger partial charge is 1.00 e. The van der Waals surface area contributed by atoms with Gasteiger partial charge in [-0.05, 0) is 17.0 Å². The third-order valence-electron chi connectivity index (χ3n) is 6.31. The zero-order valence-electron chi connectivity index (χ0n) is 15.6. The number of carbonyl (C=O) groups is 1. The van der Waals surface area contributed by atoms with Gasteiger partial charge in [0.1, 0.15) is 0 Å². The molecule has 3 fully saturated rings. The molecule has 3 heterocycles. The number of nitrogens with zero attached hydrogens (tertiary/aromatic N) is 1. The molecule has 2 N–H and O–H groups in total. The highest BCUT2D eigenvalue weighted by molar-refractivity contribution is 5.90. The summed E-state index contributed by atoms with van der Waals surface area (Å²) in [5.74, 6) is 0.204. The van der Waals surface area contributed by atoms with Crippen molar-refractivity contribution in [2.45, 2.75) is 24.5 Å². The number of quaternary nitrogens is 1. The highest BCUT2D eigenvalue weighted by Gasteiger charge is 2.47. The number of amides is 1. The van der Waals surface area contributed by atoms with Crippen LogP contribution in [-0.2, 0) is 10.4 Å². The minimum Gasteiger partial charge on any atom is -1.00 e. The molecule has 1 amide bonds. The molecule has 1 atom stereocenters. The van der Waals surface area contributed by atoms with Crippen molar-refractivity contribution in [3.63, 3.8) is 0 Å². The van der Waals surface area contributed by atoms with Crippen LogP contribution in [0.2, 0.25) is 0 Å². The van der Waals surface area contributed by atoms with E-state index >= 15 is 0 Å². The third-order valence-corrected chi connectivity index (χ3v) is 6.31. The monoisotopic (exact) mass is 430 g/mol. The summed E-state index contributed by atoms with van der Waals surface area (Å²) >= 11 is 0. The van der Waals surface area contributed by atoms with E-state index in [1.807, 2.05) is 60.7 Å². The van der Waals surface area contributed by atoms with E-state index in [0.29, 0.717) is 17.0 Å². The van der Waals surface area contributed by atoms with Crippen molar-refractivity contribution in [2.75, 3.05) is 26.7 Å². The molecule has 0 spiro atoms. The molecular weight excluding hydrogens is 404 g/mol. The molecule has 2 aromatic rings. The quantitative estimate of drug-likeness (QED) is 0.629. The molecule has 3 saturated heterocycles. The predicted molar refractivity (Wildman–Crippen MR) is 101 cm³/mol. The van der Waals surface area contributed by atoms with Crippen molar-refractivity contribution in [1.82, 2.24) is 5.32 Å². The number of piperidine rings is 3. The lowest BCUT2D eigenvalue weighted by Gasteiger charge is -2.51. The first-order valence-corrected chi connectivity index (χ1v) is 9.49. The first-order chi connectivity index (χ1) is 12.5. The van der Waals surface area contributed by atoms with Crippen LogP contribution in [0, 0.1) is 5.92 Å². The van der Waals surface area contributed by atoms with Gasteiger partial charge in [-0.2, -0.15) is 0 Å². The van der Waals surface area contributed by atoms with Gasteiger partial charge in [0.25, 0.3) is 5.91 Å². The lowest BCUT2D eigenvalue weighted by atomic mass is 9.80. The van der Waals surface area contributed by atoms with Crippen LogP contribution >= 0.6 is 0 Å². The Hall–Kier alpha value is -1.69. The summed E-state index contributed by atoms with van der Waals surface area (Å²) in [6.45, 7) is 3.34. The number of carbonyl (C=O) groups excluding carboxylic acids is 1. The molecule has 144 valence electrons. The van der Waals surface area contributed by atoms with Gasteiger partial charge in [-0.3, -0.25) is 4.79 Å². The van der Waals surface area contributed by atoms with Crippen molar-refractivity contribution in [3.8, 4) is 0 Å². The van der Waals surface area contributed by atoms with Crippen molar-refractivity contribution in [3.05, 3.63) is 71.8 Å². The van der Waals surface area contributed by atoms with Gasteiger partial charge in [-0.15, -0.1) is 0 Å². The first-order valence-electron chi connectivity index (χ1n) is 9.49. The van der Waals surface area contributed by atoms with Crippen molar-refractivity contribution in [2.24, 2.45) is 5.92 Å². The van der Waals surface area contributed by atoms with Gasteiger partial charge in [0, 0.05) is 12.8 Å². The Morgan fingerprint density at radius 3 is 1.93 bits per heavy atom. The van der Waals surface area contributed by atoms with E-state index in [4.69, 9.17) is 0 Å². The van der Waals surface area contributed by atoms with E-state index in [2.05, 4.69) is 12.4 Å². The zero-order valence-corrected chi connectivity index (χ0v) is 17.2. The van der Waals surface area contributed by atoms with Crippen LogP contribution in [0.5, 0.6) is 0 Å². The SMILES string of the molecule is C[N+]12CCC(CC1)[C@H](NC(=O)C(O)(c1ccccc1)c1ccccc1)C2.[Br-]. The molecule has 3 aliphatic heterocycles. The molecule has 0 aromatic heterocycles. The molecule has 5 heteroatoms. The van der Waals surface area contributed by atoms with Crippen molar-refractivity contribution >= 4 is 5.91 Å². The molecular formula is C22H27BrN2O2. The number of aliphatic hydroxyl groups is 1. The summed E-state index contributed by atoms with van der Waals surface area (Å²) < 4.78 is 1.02. The van der Waals surface area contributed by atoms with Crippen LogP contribution in [0.1, 0.15) is 24.0 Å². The van der Waals surface area contributed by atoms with Gasteiger partial charge in [-0.25, -0.2) is 0 Å². The second kappa shape index (κ2) is 7.74. The lowest BCUT2D eigenvalue weighted by Crippen LogP contribution is -3.00. The van der Waals surface area contributed by atoms with Gasteiger partial charge in [0.05, 0.1) is 32.7 Å². The predicted octanol–water partition coefficient (Wildman–Crippen LogP) is -0.718. The molecule has 2 bridgehead atoms. The Balaban J connectivity index is 0.00000210. The van der Waals surface area contributed by atoms with Crippen LogP contribution < -0.4 is 22.3 Å². The summed E-state index contributed by atoms with van der Waals surface area (Å²) in [6, 6.07) is 18.6. The van der Waals surface area contributed by atoms with Gasteiger partial charge in [0.2, 0.25) is 0 Å². The molecule has 27 heavy (non-hydrogen) atoms. The second-order valence-electron chi connectivity index (χ2n) is 8.11. The number of hydrogen-bond donors (Lipinski definition) is 2. The van der Waals surface area contributed by atoms with Gasteiger partial charge in [-0.1, -0.05) is 60.7 Å². The number of hydrogen-bond acceptors (Lipinski definition) is 2. The van der Waals surface area contributed by atoms with Crippen molar-refractivity contribution in [1.29, 1.82) is 0 Å². The van der Waals surface area contributed by atoms with Gasteiger partial charge < -0.3 is 31.9 Å². The maximum absolute atomic E-state index is 13.3. The minimum atomic E-state index is -1.67. The molecule has 0 saturated carbocycles. The molecule has 3 aliphatic rings. The summed E-state index contributed by atoms with van der Waals surface area (Å²) in [5, 5.41) is 14.8. The Bertz CT molecular complexity index is 734. The number of benzene rings is 2. The van der Waals surface area contributed by atoms with Crippen LogP contribution in [-0.4, -0.2) is 48.2 Å². The first kappa shape index (κ1) is 20.1. The van der Waals surface area contributed by atoms with E-state index in [1.165, 1.54) is 13.1 Å². The number of halogens is 1. The number of nitrogens with one attached hydrogen (secondary N) is 1. The minimum absolute atomic E-state index is 0. The third kappa shape index (κ3) is 3.68. The van der Waals surface area contributed by atoms with Crippen LogP contribution in [0.25, 0.3) is 0 Å². The number of rotatable bonds is 4. The average Bonchev–Trinajstić information content (AvgIpc) is 2.69. The normalized spacial score (nSPS) is 26.9. The molecule has 0 aliphatic carbocycles. The zero-order chi connectivity index (χ0) is 18.2. The van der Waals surface area contributed by atoms with Gasteiger partial charge in [0.15, 0.2) is 5.60 Å². The van der Waals surface area contributed by atoms with E-state index in [0.717, 1.165) is 23.9 Å². The fourth-order valence-electron chi connectivity index (χ4n) is 4.64. The van der Waals surface area contributed by atoms with Crippen LogP contribution in [0.4, 0.5) is 0 Å². The topological polar surface area (TPSA) is 49.3 Å². The van der Waals surface area contributed by atoms with E-state index in [-0.39, 0.29) is 28.9 Å². The Morgan fingerprint density at radius 1 is 1.00 bits per heavy atom. The Morgan fingerprint density at radius 2 is 1.48 bits per heavy atom. The lowest BCUT2D eigenvalue weighted by molar-refractivity contribution is -0.925. The highest BCUT2D eigenvalue weighted by Crippen LogP contribution is 2.34. The molecule has 0 radical (unpaired) electrons. The standard InChI is InChI=1S/C22H26N2O2.BrH/c1-24-14-12-17(13-15-24)20(16-24)23-21(25)22(26,18-8-4-2-5-9-18)19-10-6-3-7-11-19;/h2-11,17,20,26H,12-16H2,1H3;1H/t17?,20-,24?;/m1./s1. The molecule has 2 aromatic carbocycles. The summed E-state index contributed by atoms with van der Waals surface area (Å²) in [6.07, 6.45) is 2.30. The van der Waals surface area contributed by atoms with E-state index < -0.39 is 5.60 Å². The number of likely N-dealkylation sites (N-methyl/N-ethyl adjacent to an activating group) is 1. The van der Waals surface area contributed by atoms with Crippen molar-refractivity contribution < 1.29 is 31.4 Å². The maximum Gasteiger partial charge on any atom is 0.261 e. The summed E-state index contributed by atoms with van der Waals surface area (Å²) in [7, 11) is 2.27. The highest BCUT2D eigenvalue weighted by atomic mass is 79.9. The summed E-state index contributed by atoms with van der Waals surface area (Å²) in [4.78, 5) is 13.3. The molecule has 4 nitrogen and oxygen atoms in total. The summed E-state index contributed by atoms with van der Waals surface area (Å²) in [5.41, 5.74) is -0.469. The Kier molecular flexibility index (Phi) is 5.75. The fraction of sp³-hybridized carbons (Fsp3) is 0.409. The second-order valence-corrected chi connectivity index (χ2v) is 8.11. The van der Waals surface area contributed by atoms with Crippen LogP contribution in [0.15, 0.2) is 60.7 Å². The number of fused-ring (bicyclic) bond motifs is 3. The fourth-order valence-corrected chi connectivity index (χ4v) is 4.64. The average molecular weight is 431 g/mol. The van der Waals surface area contributed by atoms with Gasteiger partial charge >= 0.3 is 0 Å². The smallest absolute Gasteiger partial charge is 0.261 e. The Labute approximate surface area is 171 Å². The van der Waals surface area contributed by atoms with E-state index in [9.17, 15) is 9.90 Å². The molecule has 0 unspecified atom stereocenters.